The molecule has 3 aliphatic rings. The zero-order valence-corrected chi connectivity index (χ0v) is 18.4. The lowest BCUT2D eigenvalue weighted by molar-refractivity contribution is -0.141. The van der Waals surface area contributed by atoms with Crippen LogP contribution in [0.5, 0.6) is 5.75 Å². The maximum Gasteiger partial charge on any atom is 0.270 e. The summed E-state index contributed by atoms with van der Waals surface area (Å²) in [5.74, 6) is -0.875. The summed E-state index contributed by atoms with van der Waals surface area (Å²) in [7, 11) is 0. The zero-order valence-electron chi connectivity index (χ0n) is 17.6. The Balaban J connectivity index is 1.10. The molecule has 3 aromatic rings. The summed E-state index contributed by atoms with van der Waals surface area (Å²) in [5.41, 5.74) is 1.73. The molecule has 0 atom stereocenters. The van der Waals surface area contributed by atoms with E-state index in [1.807, 2.05) is 36.4 Å². The zero-order chi connectivity index (χ0) is 23.1. The van der Waals surface area contributed by atoms with Crippen LogP contribution < -0.4 is 15.4 Å². The van der Waals surface area contributed by atoms with Crippen molar-refractivity contribution >= 4 is 23.4 Å². The third-order valence-electron chi connectivity index (χ3n) is 6.18. The van der Waals surface area contributed by atoms with Gasteiger partial charge in [-0.15, -0.1) is 0 Å². The molecule has 1 aromatic heterocycles. The molecular formula is C25H21ClFN3O3. The quantitative estimate of drug-likeness (QED) is 0.549. The maximum absolute atomic E-state index is 13.5. The molecule has 6 nitrogen and oxygen atoms in total. The molecule has 2 N–H and O–H groups in total. The van der Waals surface area contributed by atoms with Crippen molar-refractivity contribution in [2.75, 3.05) is 6.61 Å². The molecule has 0 aliphatic heterocycles. The summed E-state index contributed by atoms with van der Waals surface area (Å²) < 4.78 is 18.8. The fourth-order valence-electron chi connectivity index (χ4n) is 4.73. The van der Waals surface area contributed by atoms with Crippen molar-refractivity contribution in [3.05, 3.63) is 83.4 Å². The number of pyridine rings is 1. The topological polar surface area (TPSA) is 80.3 Å². The minimum absolute atomic E-state index is 0.00430. The highest BCUT2D eigenvalue weighted by molar-refractivity contribution is 6.30. The molecule has 3 fully saturated rings. The van der Waals surface area contributed by atoms with Crippen molar-refractivity contribution in [1.82, 2.24) is 15.6 Å². The Bertz CT molecular complexity index is 1200. The number of amides is 2. The van der Waals surface area contributed by atoms with E-state index >= 15 is 0 Å². The van der Waals surface area contributed by atoms with Gasteiger partial charge >= 0.3 is 0 Å². The minimum Gasteiger partial charge on any atom is -0.484 e. The van der Waals surface area contributed by atoms with E-state index in [4.69, 9.17) is 16.3 Å². The third-order valence-corrected chi connectivity index (χ3v) is 6.48. The van der Waals surface area contributed by atoms with Gasteiger partial charge in [-0.05, 0) is 43.0 Å². The van der Waals surface area contributed by atoms with Gasteiger partial charge in [0.05, 0.1) is 5.02 Å². The lowest BCUT2D eigenvalue weighted by Gasteiger charge is -2.70. The van der Waals surface area contributed by atoms with E-state index in [9.17, 15) is 14.0 Å². The monoisotopic (exact) mass is 465 g/mol. The van der Waals surface area contributed by atoms with Crippen LogP contribution in [-0.2, 0) is 4.79 Å². The van der Waals surface area contributed by atoms with Crippen LogP contribution in [-0.4, -0.2) is 34.5 Å². The smallest absolute Gasteiger partial charge is 0.270 e. The highest BCUT2D eigenvalue weighted by atomic mass is 35.5. The lowest BCUT2D eigenvalue weighted by atomic mass is 9.44. The molecule has 2 aromatic carbocycles. The summed E-state index contributed by atoms with van der Waals surface area (Å²) >= 11 is 5.64. The molecular weight excluding hydrogens is 445 g/mol. The van der Waals surface area contributed by atoms with Crippen LogP contribution in [0.25, 0.3) is 11.1 Å². The van der Waals surface area contributed by atoms with Gasteiger partial charge in [0.15, 0.2) is 6.61 Å². The van der Waals surface area contributed by atoms with Crippen LogP contribution in [0.15, 0.2) is 66.9 Å². The molecule has 168 valence electrons. The standard InChI is InChI=1S/C25H21ClFN3O3/c26-19-8-7-18(10-20(19)27)33-12-22(31)29-24-13-25(14-24,15-24)30-23(32)21-9-6-17(11-28-21)16-4-2-1-3-5-16/h1-11H,12-15H2,(H,29,31)(H,30,32). The number of rotatable bonds is 7. The van der Waals surface area contributed by atoms with Crippen LogP contribution >= 0.6 is 11.6 Å². The van der Waals surface area contributed by atoms with Gasteiger partial charge in [-0.3, -0.25) is 14.6 Å². The largest absolute Gasteiger partial charge is 0.484 e. The minimum atomic E-state index is -0.601. The van der Waals surface area contributed by atoms with Crippen LogP contribution in [0.2, 0.25) is 5.02 Å². The van der Waals surface area contributed by atoms with Crippen LogP contribution in [0.4, 0.5) is 4.39 Å². The number of carbonyl (C=O) groups excluding carboxylic acids is 2. The number of carbonyl (C=O) groups is 2. The fourth-order valence-corrected chi connectivity index (χ4v) is 4.85. The summed E-state index contributed by atoms with van der Waals surface area (Å²) in [6.07, 6.45) is 3.68. The number of halogens is 2. The number of nitrogens with one attached hydrogen (secondary N) is 2. The van der Waals surface area contributed by atoms with E-state index in [1.54, 1.807) is 12.3 Å². The average molecular weight is 466 g/mol. The summed E-state index contributed by atoms with van der Waals surface area (Å²) in [6, 6.07) is 17.5. The highest BCUT2D eigenvalue weighted by Crippen LogP contribution is 2.60. The Morgan fingerprint density at radius 1 is 0.970 bits per heavy atom. The molecule has 3 saturated carbocycles. The second-order valence-electron chi connectivity index (χ2n) is 8.76. The van der Waals surface area contributed by atoms with Crippen molar-refractivity contribution in [3.63, 3.8) is 0 Å². The molecule has 0 spiro atoms. The normalized spacial score (nSPS) is 22.5. The number of benzene rings is 2. The van der Waals surface area contributed by atoms with E-state index in [-0.39, 0.29) is 40.3 Å². The Labute approximate surface area is 195 Å². The molecule has 33 heavy (non-hydrogen) atoms. The van der Waals surface area contributed by atoms with E-state index < -0.39 is 5.82 Å². The number of ether oxygens (including phenoxy) is 1. The van der Waals surface area contributed by atoms with Gasteiger partial charge < -0.3 is 15.4 Å². The van der Waals surface area contributed by atoms with Crippen molar-refractivity contribution in [3.8, 4) is 16.9 Å². The first kappa shape index (κ1) is 21.4. The van der Waals surface area contributed by atoms with Crippen molar-refractivity contribution < 1.29 is 18.7 Å². The second kappa shape index (κ2) is 8.15. The Morgan fingerprint density at radius 2 is 1.70 bits per heavy atom. The van der Waals surface area contributed by atoms with E-state index in [0.29, 0.717) is 25.0 Å². The molecule has 1 heterocycles. The van der Waals surface area contributed by atoms with Crippen molar-refractivity contribution in [2.24, 2.45) is 0 Å². The molecule has 8 heteroatoms. The average Bonchev–Trinajstić information content (AvgIpc) is 2.78. The summed E-state index contributed by atoms with van der Waals surface area (Å²) in [5, 5.41) is 6.03. The summed E-state index contributed by atoms with van der Waals surface area (Å²) in [6.45, 7) is -0.222. The fraction of sp³-hybridized carbons (Fsp3) is 0.240. The molecule has 6 rings (SSSR count). The SMILES string of the molecule is O=C(COc1ccc(Cl)c(F)c1)NC12CC(NC(=O)c3ccc(-c4ccccc4)cn3)(C1)C2. The van der Waals surface area contributed by atoms with Gasteiger partial charge in [-0.2, -0.15) is 0 Å². The van der Waals surface area contributed by atoms with Gasteiger partial charge in [0, 0.05) is 28.9 Å². The van der Waals surface area contributed by atoms with Gasteiger partial charge in [0.2, 0.25) is 0 Å². The third kappa shape index (κ3) is 4.28. The summed E-state index contributed by atoms with van der Waals surface area (Å²) in [4.78, 5) is 29.2. The molecule has 0 radical (unpaired) electrons. The van der Waals surface area contributed by atoms with Gasteiger partial charge in [0.1, 0.15) is 17.3 Å². The van der Waals surface area contributed by atoms with Crippen LogP contribution in [0.1, 0.15) is 29.8 Å². The number of aromatic nitrogens is 1. The second-order valence-corrected chi connectivity index (χ2v) is 9.16. The molecule has 2 amide bonds. The Hall–Kier alpha value is -3.45. The van der Waals surface area contributed by atoms with Crippen LogP contribution in [0, 0.1) is 5.82 Å². The molecule has 2 bridgehead atoms. The first-order valence-electron chi connectivity index (χ1n) is 10.6. The van der Waals surface area contributed by atoms with Gasteiger partial charge in [0.25, 0.3) is 11.8 Å². The predicted molar refractivity (Wildman–Crippen MR) is 121 cm³/mol. The predicted octanol–water partition coefficient (Wildman–Crippen LogP) is 4.14. The van der Waals surface area contributed by atoms with Crippen LogP contribution in [0.3, 0.4) is 0 Å². The lowest BCUT2D eigenvalue weighted by Crippen LogP contribution is -2.84. The van der Waals surface area contributed by atoms with E-state index in [1.165, 1.54) is 12.1 Å². The molecule has 0 saturated heterocycles. The van der Waals surface area contributed by atoms with Gasteiger partial charge in [-0.1, -0.05) is 48.0 Å². The number of hydrogen-bond donors (Lipinski definition) is 2. The maximum atomic E-state index is 13.5. The first-order chi connectivity index (χ1) is 15.9. The van der Waals surface area contributed by atoms with Crippen molar-refractivity contribution in [1.29, 1.82) is 0 Å². The van der Waals surface area contributed by atoms with Gasteiger partial charge in [-0.25, -0.2) is 4.39 Å². The van der Waals surface area contributed by atoms with Crippen molar-refractivity contribution in [2.45, 2.75) is 30.3 Å². The highest BCUT2D eigenvalue weighted by Gasteiger charge is 2.69. The van der Waals surface area contributed by atoms with E-state index in [2.05, 4.69) is 15.6 Å². The Morgan fingerprint density at radius 3 is 2.36 bits per heavy atom. The molecule has 0 unspecified atom stereocenters. The first-order valence-corrected chi connectivity index (χ1v) is 11.0. The Kier molecular flexibility index (Phi) is 5.29. The number of hydrogen-bond acceptors (Lipinski definition) is 4. The molecule has 3 aliphatic carbocycles. The van der Waals surface area contributed by atoms with E-state index in [0.717, 1.165) is 17.2 Å². The number of nitrogens with zero attached hydrogens (tertiary/aromatic N) is 1.